The minimum Gasteiger partial charge on any atom is -0.353 e. The minimum atomic E-state index is -0.277. The number of benzene rings is 1. The lowest BCUT2D eigenvalue weighted by Crippen LogP contribution is -2.39. The third-order valence-electron chi connectivity index (χ3n) is 4.94. The number of aryl methyl sites for hydroxylation is 1. The molecular formula is C21H24N4O3S. The van der Waals surface area contributed by atoms with Crippen LogP contribution in [0.3, 0.4) is 0 Å². The number of nitrogens with zero attached hydrogens (tertiary/aromatic N) is 2. The first-order chi connectivity index (χ1) is 14.0. The fourth-order valence-corrected chi connectivity index (χ4v) is 3.77. The van der Waals surface area contributed by atoms with Crippen molar-refractivity contribution in [2.45, 2.75) is 51.1 Å². The van der Waals surface area contributed by atoms with Crippen LogP contribution in [0.5, 0.6) is 0 Å². The van der Waals surface area contributed by atoms with Gasteiger partial charge in [0.2, 0.25) is 11.8 Å². The van der Waals surface area contributed by atoms with Crippen LogP contribution in [0, 0.1) is 6.92 Å². The Morgan fingerprint density at radius 3 is 2.48 bits per heavy atom. The molecule has 152 valence electrons. The molecule has 1 heterocycles. The zero-order chi connectivity index (χ0) is 20.4. The largest absolute Gasteiger partial charge is 0.353 e. The van der Waals surface area contributed by atoms with E-state index in [2.05, 4.69) is 15.6 Å². The maximum Gasteiger partial charge on any atom is 0.254 e. The number of carbonyl (C=O) groups excluding carboxylic acids is 3. The summed E-state index contributed by atoms with van der Waals surface area (Å²) in [5, 5.41) is 7.91. The molecule has 0 atom stereocenters. The third kappa shape index (κ3) is 5.41. The third-order valence-corrected chi connectivity index (χ3v) is 5.75. The number of carbonyl (C=O) groups is 3. The molecule has 0 radical (unpaired) electrons. The van der Waals surface area contributed by atoms with Crippen LogP contribution in [-0.4, -0.2) is 46.2 Å². The van der Waals surface area contributed by atoms with E-state index in [1.165, 1.54) is 11.3 Å². The number of rotatable bonds is 8. The summed E-state index contributed by atoms with van der Waals surface area (Å²) in [6, 6.07) is 7.83. The van der Waals surface area contributed by atoms with Crippen molar-refractivity contribution < 1.29 is 14.4 Å². The van der Waals surface area contributed by atoms with Crippen LogP contribution in [0.4, 0.5) is 5.13 Å². The van der Waals surface area contributed by atoms with Gasteiger partial charge in [0.1, 0.15) is 6.54 Å². The monoisotopic (exact) mass is 412 g/mol. The fraction of sp³-hybridized carbons (Fsp3) is 0.429. The summed E-state index contributed by atoms with van der Waals surface area (Å²) >= 11 is 1.29. The maximum atomic E-state index is 12.8. The summed E-state index contributed by atoms with van der Waals surface area (Å²) in [4.78, 5) is 43.2. The standard InChI is InChI=1S/C21H24N4O3S/c1-13-2-4-14(5-3-13)20(28)25(17-8-9-17)11-19(27)24-21-23-16(12-29-21)10-18(26)22-15-6-7-15/h2-5,12,15,17H,6-11H2,1H3,(H,22,26)(H,23,24,27). The smallest absolute Gasteiger partial charge is 0.254 e. The Hall–Kier alpha value is -2.74. The van der Waals surface area contributed by atoms with Gasteiger partial charge in [0.25, 0.3) is 5.91 Å². The Morgan fingerprint density at radius 1 is 1.10 bits per heavy atom. The van der Waals surface area contributed by atoms with Gasteiger partial charge in [0, 0.05) is 23.0 Å². The molecule has 8 heteroatoms. The maximum absolute atomic E-state index is 12.8. The van der Waals surface area contributed by atoms with E-state index in [0.717, 1.165) is 31.2 Å². The Bertz CT molecular complexity index is 916. The van der Waals surface area contributed by atoms with E-state index in [1.807, 2.05) is 19.1 Å². The number of hydrogen-bond acceptors (Lipinski definition) is 5. The molecule has 0 spiro atoms. The zero-order valence-electron chi connectivity index (χ0n) is 16.3. The average Bonchev–Trinajstić information content (AvgIpc) is 3.61. The van der Waals surface area contributed by atoms with Gasteiger partial charge in [-0.05, 0) is 44.7 Å². The number of anilines is 1. The Kier molecular flexibility index (Phi) is 5.62. The number of hydrogen-bond donors (Lipinski definition) is 2. The van der Waals surface area contributed by atoms with Crippen LogP contribution < -0.4 is 10.6 Å². The Labute approximate surface area is 173 Å². The van der Waals surface area contributed by atoms with Gasteiger partial charge in [-0.2, -0.15) is 0 Å². The fourth-order valence-electron chi connectivity index (χ4n) is 3.04. The Balaban J connectivity index is 1.33. The second kappa shape index (κ2) is 8.32. The molecule has 0 bridgehead atoms. The first kappa shape index (κ1) is 19.6. The van der Waals surface area contributed by atoms with Crippen LogP contribution in [0.1, 0.15) is 47.3 Å². The molecule has 3 amide bonds. The topological polar surface area (TPSA) is 91.4 Å². The SMILES string of the molecule is Cc1ccc(C(=O)N(CC(=O)Nc2nc(CC(=O)NC3CC3)cs2)C2CC2)cc1. The van der Waals surface area contributed by atoms with Gasteiger partial charge < -0.3 is 15.5 Å². The highest BCUT2D eigenvalue weighted by atomic mass is 32.1. The molecular weight excluding hydrogens is 388 g/mol. The first-order valence-electron chi connectivity index (χ1n) is 9.89. The van der Waals surface area contributed by atoms with Crippen LogP contribution in [0.15, 0.2) is 29.6 Å². The zero-order valence-corrected chi connectivity index (χ0v) is 17.1. The lowest BCUT2D eigenvalue weighted by molar-refractivity contribution is -0.120. The lowest BCUT2D eigenvalue weighted by Gasteiger charge is -2.21. The molecule has 0 aliphatic heterocycles. The van der Waals surface area contributed by atoms with Crippen molar-refractivity contribution in [2.75, 3.05) is 11.9 Å². The molecule has 2 fully saturated rings. The summed E-state index contributed by atoms with van der Waals surface area (Å²) in [5.74, 6) is -0.445. The second-order valence-electron chi connectivity index (χ2n) is 7.74. The van der Waals surface area contributed by atoms with E-state index < -0.39 is 0 Å². The summed E-state index contributed by atoms with van der Waals surface area (Å²) < 4.78 is 0. The predicted molar refractivity (Wildman–Crippen MR) is 111 cm³/mol. The van der Waals surface area contributed by atoms with Crippen molar-refractivity contribution in [2.24, 2.45) is 0 Å². The van der Waals surface area contributed by atoms with Crippen LogP contribution in [0.25, 0.3) is 0 Å². The number of nitrogens with one attached hydrogen (secondary N) is 2. The predicted octanol–water partition coefficient (Wildman–Crippen LogP) is 2.52. The number of thiazole rings is 1. The van der Waals surface area contributed by atoms with E-state index >= 15 is 0 Å². The lowest BCUT2D eigenvalue weighted by atomic mass is 10.1. The van der Waals surface area contributed by atoms with Crippen molar-refractivity contribution in [3.05, 3.63) is 46.5 Å². The molecule has 2 aliphatic carbocycles. The normalized spacial score (nSPS) is 15.6. The summed E-state index contributed by atoms with van der Waals surface area (Å²) in [5.41, 5.74) is 2.31. The van der Waals surface area contributed by atoms with Gasteiger partial charge in [-0.3, -0.25) is 14.4 Å². The highest BCUT2D eigenvalue weighted by Gasteiger charge is 2.34. The van der Waals surface area contributed by atoms with E-state index in [9.17, 15) is 14.4 Å². The van der Waals surface area contributed by atoms with Gasteiger partial charge in [-0.1, -0.05) is 17.7 Å². The highest BCUT2D eigenvalue weighted by molar-refractivity contribution is 7.13. The molecule has 2 saturated carbocycles. The van der Waals surface area contributed by atoms with Crippen molar-refractivity contribution >= 4 is 34.2 Å². The van der Waals surface area contributed by atoms with Gasteiger partial charge in [0.15, 0.2) is 5.13 Å². The van der Waals surface area contributed by atoms with E-state index in [1.54, 1.807) is 22.4 Å². The summed E-state index contributed by atoms with van der Waals surface area (Å²) in [7, 11) is 0. The van der Waals surface area contributed by atoms with Gasteiger partial charge in [-0.25, -0.2) is 4.98 Å². The summed E-state index contributed by atoms with van der Waals surface area (Å²) in [6.45, 7) is 1.96. The van der Waals surface area contributed by atoms with Crippen LogP contribution in [0.2, 0.25) is 0 Å². The van der Waals surface area contributed by atoms with Crippen molar-refractivity contribution in [1.29, 1.82) is 0 Å². The van der Waals surface area contributed by atoms with Crippen LogP contribution >= 0.6 is 11.3 Å². The molecule has 2 aromatic rings. The Morgan fingerprint density at radius 2 is 1.83 bits per heavy atom. The quantitative estimate of drug-likeness (QED) is 0.697. The highest BCUT2D eigenvalue weighted by Crippen LogP contribution is 2.28. The van der Waals surface area contributed by atoms with E-state index in [0.29, 0.717) is 22.4 Å². The second-order valence-corrected chi connectivity index (χ2v) is 8.60. The van der Waals surface area contributed by atoms with Gasteiger partial charge in [0.05, 0.1) is 12.1 Å². The first-order valence-corrected chi connectivity index (χ1v) is 10.8. The van der Waals surface area contributed by atoms with Crippen molar-refractivity contribution in [3.8, 4) is 0 Å². The molecule has 4 rings (SSSR count). The number of aromatic nitrogens is 1. The molecule has 1 aromatic heterocycles. The molecule has 1 aromatic carbocycles. The molecule has 0 saturated heterocycles. The van der Waals surface area contributed by atoms with Gasteiger partial charge >= 0.3 is 0 Å². The average molecular weight is 413 g/mol. The molecule has 2 aliphatic rings. The van der Waals surface area contributed by atoms with E-state index in [4.69, 9.17) is 0 Å². The van der Waals surface area contributed by atoms with Crippen molar-refractivity contribution in [1.82, 2.24) is 15.2 Å². The molecule has 29 heavy (non-hydrogen) atoms. The van der Waals surface area contributed by atoms with E-state index in [-0.39, 0.29) is 36.7 Å². The molecule has 7 nitrogen and oxygen atoms in total. The molecule has 2 N–H and O–H groups in total. The van der Waals surface area contributed by atoms with Gasteiger partial charge in [-0.15, -0.1) is 11.3 Å². The molecule has 0 unspecified atom stereocenters. The number of amides is 3. The minimum absolute atomic E-state index is 0.00550. The van der Waals surface area contributed by atoms with Crippen LogP contribution in [-0.2, 0) is 16.0 Å². The summed E-state index contributed by atoms with van der Waals surface area (Å²) in [6.07, 6.45) is 4.14. The van der Waals surface area contributed by atoms with Crippen molar-refractivity contribution in [3.63, 3.8) is 0 Å².